The zero-order valence-corrected chi connectivity index (χ0v) is 9.12. The summed E-state index contributed by atoms with van der Waals surface area (Å²) in [6, 6.07) is 2.47. The average molecular weight is 282 g/mol. The van der Waals surface area contributed by atoms with Crippen molar-refractivity contribution in [3.05, 3.63) is 35.4 Å². The van der Waals surface area contributed by atoms with Crippen molar-refractivity contribution in [2.75, 3.05) is 0 Å². The number of alkyl halides is 5. The van der Waals surface area contributed by atoms with E-state index in [0.29, 0.717) is 12.1 Å². The summed E-state index contributed by atoms with van der Waals surface area (Å²) in [5, 5.41) is 8.35. The van der Waals surface area contributed by atoms with Crippen LogP contribution in [0.4, 0.5) is 22.0 Å². The minimum atomic E-state index is -5.08. The summed E-state index contributed by atoms with van der Waals surface area (Å²) >= 11 is 0. The SMILES string of the molecule is O=C(O)/C=C/c1ccc(OC(F)(F)F)c(C(F)F)c1. The van der Waals surface area contributed by atoms with Gasteiger partial charge < -0.3 is 9.84 Å². The molecule has 1 N–H and O–H groups in total. The van der Waals surface area contributed by atoms with E-state index < -0.39 is 30.1 Å². The molecule has 0 amide bonds. The fourth-order valence-electron chi connectivity index (χ4n) is 1.23. The van der Waals surface area contributed by atoms with Crippen molar-refractivity contribution < 1.29 is 36.6 Å². The van der Waals surface area contributed by atoms with Crippen LogP contribution in [0, 0.1) is 0 Å². The van der Waals surface area contributed by atoms with E-state index in [9.17, 15) is 26.7 Å². The minimum absolute atomic E-state index is 0.0206. The predicted molar refractivity (Wildman–Crippen MR) is 54.8 cm³/mol. The van der Waals surface area contributed by atoms with E-state index in [1.165, 1.54) is 0 Å². The van der Waals surface area contributed by atoms with Gasteiger partial charge in [0.2, 0.25) is 0 Å². The molecule has 0 atom stereocenters. The van der Waals surface area contributed by atoms with Gasteiger partial charge in [0.05, 0.1) is 5.56 Å². The van der Waals surface area contributed by atoms with Crippen LogP contribution in [0.5, 0.6) is 5.75 Å². The highest BCUT2D eigenvalue weighted by molar-refractivity contribution is 5.85. The molecule has 19 heavy (non-hydrogen) atoms. The van der Waals surface area contributed by atoms with Crippen molar-refractivity contribution in [2.24, 2.45) is 0 Å². The van der Waals surface area contributed by atoms with Crippen LogP contribution in [0.1, 0.15) is 17.6 Å². The molecule has 1 aromatic carbocycles. The molecule has 0 bridgehead atoms. The number of rotatable bonds is 4. The van der Waals surface area contributed by atoms with Crippen molar-refractivity contribution in [1.29, 1.82) is 0 Å². The van der Waals surface area contributed by atoms with Gasteiger partial charge in [0, 0.05) is 6.08 Å². The molecule has 1 aromatic rings. The number of hydrogen-bond donors (Lipinski definition) is 1. The fourth-order valence-corrected chi connectivity index (χ4v) is 1.23. The molecule has 0 unspecified atom stereocenters. The maximum absolute atomic E-state index is 12.6. The topological polar surface area (TPSA) is 46.5 Å². The first-order valence-corrected chi connectivity index (χ1v) is 4.78. The van der Waals surface area contributed by atoms with Gasteiger partial charge in [-0.3, -0.25) is 0 Å². The van der Waals surface area contributed by atoms with Crippen LogP contribution in [0.15, 0.2) is 24.3 Å². The highest BCUT2D eigenvalue weighted by Crippen LogP contribution is 2.33. The predicted octanol–water partition coefficient (Wildman–Crippen LogP) is 3.62. The van der Waals surface area contributed by atoms with Gasteiger partial charge in [0.25, 0.3) is 6.43 Å². The number of aliphatic carboxylic acids is 1. The van der Waals surface area contributed by atoms with E-state index in [1.807, 2.05) is 0 Å². The molecule has 8 heteroatoms. The highest BCUT2D eigenvalue weighted by atomic mass is 19.4. The summed E-state index contributed by atoms with van der Waals surface area (Å²) in [6.07, 6.45) is -6.61. The first kappa shape index (κ1) is 14.9. The lowest BCUT2D eigenvalue weighted by Gasteiger charge is -2.13. The number of carboxylic acid groups (broad SMARTS) is 1. The van der Waals surface area contributed by atoms with Gasteiger partial charge >= 0.3 is 12.3 Å². The van der Waals surface area contributed by atoms with Crippen molar-refractivity contribution in [3.8, 4) is 5.75 Å². The first-order chi connectivity index (χ1) is 8.69. The second-order valence-corrected chi connectivity index (χ2v) is 3.32. The summed E-state index contributed by atoms with van der Waals surface area (Å²) < 4.78 is 64.6. The van der Waals surface area contributed by atoms with Crippen LogP contribution in [0.3, 0.4) is 0 Å². The summed E-state index contributed by atoms with van der Waals surface area (Å²) in [6.45, 7) is 0. The Morgan fingerprint density at radius 1 is 1.32 bits per heavy atom. The lowest BCUT2D eigenvalue weighted by Crippen LogP contribution is -2.18. The van der Waals surface area contributed by atoms with Crippen LogP contribution < -0.4 is 4.74 Å². The minimum Gasteiger partial charge on any atom is -0.478 e. The van der Waals surface area contributed by atoms with Gasteiger partial charge in [-0.2, -0.15) is 0 Å². The molecular formula is C11H7F5O3. The Balaban J connectivity index is 3.11. The van der Waals surface area contributed by atoms with Gasteiger partial charge in [-0.05, 0) is 23.8 Å². The Hall–Kier alpha value is -2.12. The molecule has 0 saturated carbocycles. The van der Waals surface area contributed by atoms with Crippen molar-refractivity contribution in [3.63, 3.8) is 0 Å². The summed E-state index contributed by atoms with van der Waals surface area (Å²) in [7, 11) is 0. The van der Waals surface area contributed by atoms with E-state index in [1.54, 1.807) is 0 Å². The second kappa shape index (κ2) is 5.68. The number of hydrogen-bond acceptors (Lipinski definition) is 2. The number of carbonyl (C=O) groups is 1. The summed E-state index contributed by atoms with van der Waals surface area (Å²) in [5.41, 5.74) is -0.947. The lowest BCUT2D eigenvalue weighted by molar-refractivity contribution is -0.275. The van der Waals surface area contributed by atoms with E-state index in [0.717, 1.165) is 18.2 Å². The average Bonchev–Trinajstić information content (AvgIpc) is 2.25. The standard InChI is InChI=1S/C11H7F5O3/c12-10(13)7-5-6(2-4-9(17)18)1-3-8(7)19-11(14,15)16/h1-5,10H,(H,17,18)/b4-2+. The van der Waals surface area contributed by atoms with Crippen LogP contribution in [0.2, 0.25) is 0 Å². The quantitative estimate of drug-likeness (QED) is 0.677. The Morgan fingerprint density at radius 3 is 2.42 bits per heavy atom. The largest absolute Gasteiger partial charge is 0.573 e. The summed E-state index contributed by atoms with van der Waals surface area (Å²) in [5.74, 6) is -2.33. The van der Waals surface area contributed by atoms with Gasteiger partial charge in [0.15, 0.2) is 0 Å². The van der Waals surface area contributed by atoms with Gasteiger partial charge in [-0.1, -0.05) is 6.07 Å². The molecule has 0 aliphatic rings. The van der Waals surface area contributed by atoms with E-state index in [2.05, 4.69) is 4.74 Å². The molecule has 104 valence electrons. The third-order valence-electron chi connectivity index (χ3n) is 1.91. The zero-order valence-electron chi connectivity index (χ0n) is 9.12. The van der Waals surface area contributed by atoms with Crippen LogP contribution in [-0.4, -0.2) is 17.4 Å². The molecule has 0 aromatic heterocycles. The Kier molecular flexibility index (Phi) is 4.47. The number of ether oxygens (including phenoxy) is 1. The zero-order chi connectivity index (χ0) is 14.6. The Labute approximate surface area is 103 Å². The van der Waals surface area contributed by atoms with Gasteiger partial charge in [-0.15, -0.1) is 13.2 Å². The van der Waals surface area contributed by atoms with Crippen LogP contribution >= 0.6 is 0 Å². The molecule has 0 fully saturated rings. The van der Waals surface area contributed by atoms with E-state index >= 15 is 0 Å². The molecule has 0 saturated heterocycles. The Morgan fingerprint density at radius 2 is 1.95 bits per heavy atom. The first-order valence-electron chi connectivity index (χ1n) is 4.78. The number of carboxylic acids is 1. The monoisotopic (exact) mass is 282 g/mol. The smallest absolute Gasteiger partial charge is 0.478 e. The third kappa shape index (κ3) is 4.94. The normalized spacial score (nSPS) is 12.1. The molecule has 0 heterocycles. The van der Waals surface area contributed by atoms with Crippen LogP contribution in [0.25, 0.3) is 6.08 Å². The lowest BCUT2D eigenvalue weighted by atomic mass is 10.1. The molecule has 0 aliphatic heterocycles. The molecule has 0 spiro atoms. The molecule has 1 rings (SSSR count). The van der Waals surface area contributed by atoms with E-state index in [-0.39, 0.29) is 5.56 Å². The van der Waals surface area contributed by atoms with Crippen molar-refractivity contribution in [1.82, 2.24) is 0 Å². The van der Waals surface area contributed by atoms with Gasteiger partial charge in [-0.25, -0.2) is 13.6 Å². The second-order valence-electron chi connectivity index (χ2n) is 3.32. The van der Waals surface area contributed by atoms with Crippen molar-refractivity contribution in [2.45, 2.75) is 12.8 Å². The molecule has 0 aliphatic carbocycles. The molecule has 3 nitrogen and oxygen atoms in total. The summed E-state index contributed by atoms with van der Waals surface area (Å²) in [4.78, 5) is 10.2. The maximum Gasteiger partial charge on any atom is 0.573 e. The Bertz CT molecular complexity index is 494. The number of benzene rings is 1. The third-order valence-corrected chi connectivity index (χ3v) is 1.91. The maximum atomic E-state index is 12.6. The van der Waals surface area contributed by atoms with Gasteiger partial charge in [0.1, 0.15) is 5.75 Å². The van der Waals surface area contributed by atoms with Crippen molar-refractivity contribution >= 4 is 12.0 Å². The highest BCUT2D eigenvalue weighted by Gasteiger charge is 2.33. The van der Waals surface area contributed by atoms with E-state index in [4.69, 9.17) is 5.11 Å². The number of halogens is 5. The van der Waals surface area contributed by atoms with Crippen LogP contribution in [-0.2, 0) is 4.79 Å². The molecular weight excluding hydrogens is 275 g/mol. The fraction of sp³-hybridized carbons (Fsp3) is 0.182. The molecule has 0 radical (unpaired) electrons.